The van der Waals surface area contributed by atoms with E-state index in [0.717, 1.165) is 11.3 Å². The lowest BCUT2D eigenvalue weighted by Gasteiger charge is -2.26. The number of carbonyl (C=O) groups is 1. The zero-order chi connectivity index (χ0) is 21.2. The second-order valence-corrected chi connectivity index (χ2v) is 7.58. The first kappa shape index (κ1) is 24.2. The summed E-state index contributed by atoms with van der Waals surface area (Å²) >= 11 is 0. The minimum absolute atomic E-state index is 0.00702. The number of methoxy groups -OCH3 is 1. The fourth-order valence-electron chi connectivity index (χ4n) is 2.41. The second-order valence-electron chi connectivity index (χ2n) is 7.58. The van der Waals surface area contributed by atoms with E-state index in [0.29, 0.717) is 19.6 Å². The van der Waals surface area contributed by atoms with Crippen molar-refractivity contribution in [2.24, 2.45) is 0 Å². The Balaban J connectivity index is 2.31. The van der Waals surface area contributed by atoms with E-state index in [1.165, 1.54) is 0 Å². The van der Waals surface area contributed by atoms with E-state index in [1.807, 2.05) is 24.3 Å². The van der Waals surface area contributed by atoms with E-state index in [-0.39, 0.29) is 6.42 Å². The molecule has 0 unspecified atom stereocenters. The first-order chi connectivity index (χ1) is 13.1. The molecule has 3 atom stereocenters. The number of aliphatic hydroxyl groups excluding tert-OH is 3. The van der Waals surface area contributed by atoms with E-state index in [2.05, 4.69) is 5.32 Å². The minimum atomic E-state index is -1.12. The van der Waals surface area contributed by atoms with Crippen molar-refractivity contribution in [3.63, 3.8) is 0 Å². The number of carbonyl (C=O) groups excluding carboxylic acids is 1. The van der Waals surface area contributed by atoms with Gasteiger partial charge in [-0.1, -0.05) is 12.1 Å². The summed E-state index contributed by atoms with van der Waals surface area (Å²) in [5.41, 5.74) is 0.299. The minimum Gasteiger partial charge on any atom is -0.497 e. The number of hydrogen-bond acceptors (Lipinski definition) is 7. The number of nitrogens with one attached hydrogen (secondary N) is 1. The van der Waals surface area contributed by atoms with Gasteiger partial charge in [0.2, 0.25) is 0 Å². The molecular weight excluding hydrogens is 366 g/mol. The topological polar surface area (TPSA) is 117 Å². The van der Waals surface area contributed by atoms with E-state index in [9.17, 15) is 20.1 Å². The highest BCUT2D eigenvalue weighted by molar-refractivity contribution is 5.68. The fourth-order valence-corrected chi connectivity index (χ4v) is 2.41. The monoisotopic (exact) mass is 399 g/mol. The van der Waals surface area contributed by atoms with Gasteiger partial charge in [-0.3, -0.25) is 0 Å². The molecule has 1 aromatic rings. The maximum Gasteiger partial charge on any atom is 0.408 e. The summed E-state index contributed by atoms with van der Waals surface area (Å²) in [5.74, 6) is 0.770. The first-order valence-corrected chi connectivity index (χ1v) is 9.31. The molecule has 4 N–H and O–H groups in total. The fraction of sp³-hybridized carbons (Fsp3) is 0.650. The number of rotatable bonds is 11. The van der Waals surface area contributed by atoms with Gasteiger partial charge in [-0.15, -0.1) is 0 Å². The summed E-state index contributed by atoms with van der Waals surface area (Å²) < 4.78 is 15.7. The van der Waals surface area contributed by atoms with E-state index in [1.54, 1.807) is 27.9 Å². The predicted octanol–water partition coefficient (Wildman–Crippen LogP) is 1.60. The zero-order valence-electron chi connectivity index (χ0n) is 17.1. The number of benzene rings is 1. The van der Waals surface area contributed by atoms with Gasteiger partial charge in [0, 0.05) is 13.0 Å². The van der Waals surface area contributed by atoms with Crippen LogP contribution in [0.2, 0.25) is 0 Å². The SMILES string of the molecule is COc1ccc(COCC[C@@H](O)C[C@H](O)[C@H](CO)NC(=O)OC(C)(C)C)cc1. The molecule has 0 aliphatic carbocycles. The van der Waals surface area contributed by atoms with Crippen molar-refractivity contribution in [2.75, 3.05) is 20.3 Å². The van der Waals surface area contributed by atoms with Crippen LogP contribution in [-0.2, 0) is 16.1 Å². The van der Waals surface area contributed by atoms with Crippen LogP contribution in [0.25, 0.3) is 0 Å². The average Bonchev–Trinajstić information content (AvgIpc) is 2.62. The molecule has 28 heavy (non-hydrogen) atoms. The molecule has 1 rings (SSSR count). The van der Waals surface area contributed by atoms with Crippen molar-refractivity contribution >= 4 is 6.09 Å². The molecule has 0 saturated heterocycles. The van der Waals surface area contributed by atoms with Crippen LogP contribution in [0, 0.1) is 0 Å². The lowest BCUT2D eigenvalue weighted by molar-refractivity contribution is 0.0101. The Labute approximate surface area is 166 Å². The van der Waals surface area contributed by atoms with Crippen LogP contribution in [0.1, 0.15) is 39.2 Å². The summed E-state index contributed by atoms with van der Waals surface area (Å²) in [6.07, 6.45) is -2.37. The number of alkyl carbamates (subject to hydrolysis) is 1. The van der Waals surface area contributed by atoms with Gasteiger partial charge in [-0.25, -0.2) is 4.79 Å². The van der Waals surface area contributed by atoms with Crippen LogP contribution in [0.15, 0.2) is 24.3 Å². The summed E-state index contributed by atoms with van der Waals surface area (Å²) in [7, 11) is 1.60. The lowest BCUT2D eigenvalue weighted by atomic mass is 10.0. The summed E-state index contributed by atoms with van der Waals surface area (Å²) in [6, 6.07) is 6.55. The highest BCUT2D eigenvalue weighted by atomic mass is 16.6. The van der Waals surface area contributed by atoms with E-state index >= 15 is 0 Å². The second kappa shape index (κ2) is 11.9. The zero-order valence-corrected chi connectivity index (χ0v) is 17.1. The lowest BCUT2D eigenvalue weighted by Crippen LogP contribution is -2.48. The third-order valence-corrected chi connectivity index (χ3v) is 3.90. The molecule has 0 aromatic heterocycles. The Morgan fingerprint density at radius 1 is 1.18 bits per heavy atom. The molecule has 8 nitrogen and oxygen atoms in total. The Hall–Kier alpha value is -1.87. The third kappa shape index (κ3) is 9.89. The van der Waals surface area contributed by atoms with Crippen LogP contribution in [0.5, 0.6) is 5.75 Å². The third-order valence-electron chi connectivity index (χ3n) is 3.90. The molecule has 0 fully saturated rings. The van der Waals surface area contributed by atoms with Gasteiger partial charge in [0.05, 0.1) is 38.6 Å². The Bertz CT molecular complexity index is 571. The average molecular weight is 399 g/mol. The van der Waals surface area contributed by atoms with Gasteiger partial charge in [-0.2, -0.15) is 0 Å². The highest BCUT2D eigenvalue weighted by Crippen LogP contribution is 2.13. The van der Waals surface area contributed by atoms with Gasteiger partial charge < -0.3 is 34.8 Å². The number of aliphatic hydroxyl groups is 3. The quantitative estimate of drug-likeness (QED) is 0.418. The van der Waals surface area contributed by atoms with Gasteiger partial charge in [0.25, 0.3) is 0 Å². The Morgan fingerprint density at radius 3 is 2.36 bits per heavy atom. The molecule has 0 aliphatic rings. The molecular formula is C20H33NO7. The van der Waals surface area contributed by atoms with Crippen molar-refractivity contribution in [2.45, 2.75) is 64.1 Å². The normalized spacial score (nSPS) is 14.8. The van der Waals surface area contributed by atoms with Crippen molar-refractivity contribution in [3.05, 3.63) is 29.8 Å². The van der Waals surface area contributed by atoms with Crippen molar-refractivity contribution in [1.29, 1.82) is 0 Å². The van der Waals surface area contributed by atoms with Gasteiger partial charge >= 0.3 is 6.09 Å². The first-order valence-electron chi connectivity index (χ1n) is 9.31. The van der Waals surface area contributed by atoms with Crippen LogP contribution in [-0.4, -0.2) is 65.6 Å². The molecule has 0 bridgehead atoms. The van der Waals surface area contributed by atoms with Gasteiger partial charge in [0.1, 0.15) is 11.4 Å². The van der Waals surface area contributed by atoms with Crippen LogP contribution in [0.4, 0.5) is 4.79 Å². The largest absolute Gasteiger partial charge is 0.497 e. The number of ether oxygens (including phenoxy) is 3. The standard InChI is InChI=1S/C20H33NO7/c1-20(2,3)28-19(25)21-17(12-22)18(24)11-15(23)9-10-27-13-14-5-7-16(26-4)8-6-14/h5-8,15,17-18,22-24H,9-13H2,1-4H3,(H,21,25)/t15-,17+,18+/m1/s1. The van der Waals surface area contributed by atoms with E-state index in [4.69, 9.17) is 14.2 Å². The Kier molecular flexibility index (Phi) is 10.2. The van der Waals surface area contributed by atoms with Crippen molar-refractivity contribution < 1.29 is 34.3 Å². The number of hydrogen-bond donors (Lipinski definition) is 4. The van der Waals surface area contributed by atoms with Crippen molar-refractivity contribution in [3.8, 4) is 5.75 Å². The number of amides is 1. The maximum atomic E-state index is 11.8. The molecule has 0 radical (unpaired) electrons. The molecule has 0 spiro atoms. The molecule has 1 aromatic carbocycles. The summed E-state index contributed by atoms with van der Waals surface area (Å²) in [5, 5.41) is 32.0. The molecule has 0 heterocycles. The van der Waals surface area contributed by atoms with Crippen molar-refractivity contribution in [1.82, 2.24) is 5.32 Å². The molecule has 0 aliphatic heterocycles. The summed E-state index contributed by atoms with van der Waals surface area (Å²) in [4.78, 5) is 11.8. The smallest absolute Gasteiger partial charge is 0.408 e. The molecule has 160 valence electrons. The van der Waals surface area contributed by atoms with Gasteiger partial charge in [-0.05, 0) is 44.9 Å². The van der Waals surface area contributed by atoms with Gasteiger partial charge in [0.15, 0.2) is 0 Å². The maximum absolute atomic E-state index is 11.8. The van der Waals surface area contributed by atoms with Crippen LogP contribution < -0.4 is 10.1 Å². The highest BCUT2D eigenvalue weighted by Gasteiger charge is 2.25. The van der Waals surface area contributed by atoms with Crippen LogP contribution >= 0.6 is 0 Å². The molecule has 0 saturated carbocycles. The molecule has 8 heteroatoms. The van der Waals surface area contributed by atoms with Crippen LogP contribution in [0.3, 0.4) is 0 Å². The molecule has 1 amide bonds. The predicted molar refractivity (Wildman–Crippen MR) is 104 cm³/mol. The van der Waals surface area contributed by atoms with E-state index < -0.39 is 36.6 Å². The summed E-state index contributed by atoms with van der Waals surface area (Å²) in [6.45, 7) is 5.38. The Morgan fingerprint density at radius 2 is 1.82 bits per heavy atom.